The molecular formula is C18H16F5NO3. The molecule has 0 heterocycles. The van der Waals surface area contributed by atoms with Gasteiger partial charge in [-0.3, -0.25) is 4.79 Å². The summed E-state index contributed by atoms with van der Waals surface area (Å²) in [6.45, 7) is -2.85. The largest absolute Gasteiger partial charge is 0.493 e. The topological polar surface area (TPSA) is 47.6 Å². The van der Waals surface area contributed by atoms with E-state index >= 15 is 0 Å². The standard InChI is InChI=1S/C18H16F5NO3/c1-26-14-7-2-11(10-15(14)27-17(19)20)8-9-24-16(25)12-3-5-13(6-4-12)18(21,22)23/h2-7,10,17H,8-9H2,1H3,(H,24,25). The summed E-state index contributed by atoms with van der Waals surface area (Å²) in [5.41, 5.74) is -0.150. The molecule has 0 saturated carbocycles. The van der Waals surface area contributed by atoms with Gasteiger partial charge in [-0.05, 0) is 48.4 Å². The van der Waals surface area contributed by atoms with Gasteiger partial charge in [0, 0.05) is 12.1 Å². The van der Waals surface area contributed by atoms with Gasteiger partial charge in [-0.15, -0.1) is 0 Å². The number of hydrogen-bond acceptors (Lipinski definition) is 3. The van der Waals surface area contributed by atoms with Crippen LogP contribution in [-0.4, -0.2) is 26.2 Å². The molecule has 0 unspecified atom stereocenters. The van der Waals surface area contributed by atoms with Crippen LogP contribution in [0.1, 0.15) is 21.5 Å². The third-order valence-corrected chi connectivity index (χ3v) is 3.62. The van der Waals surface area contributed by atoms with Crippen molar-refractivity contribution in [3.8, 4) is 11.5 Å². The summed E-state index contributed by atoms with van der Waals surface area (Å²) < 4.78 is 71.7. The maximum atomic E-state index is 12.5. The van der Waals surface area contributed by atoms with Gasteiger partial charge in [0.15, 0.2) is 11.5 Å². The Morgan fingerprint density at radius 2 is 1.74 bits per heavy atom. The first-order chi connectivity index (χ1) is 12.7. The van der Waals surface area contributed by atoms with Crippen molar-refractivity contribution in [2.75, 3.05) is 13.7 Å². The molecule has 0 atom stereocenters. The molecule has 0 bridgehead atoms. The molecule has 0 fully saturated rings. The van der Waals surface area contributed by atoms with E-state index in [-0.39, 0.29) is 23.6 Å². The van der Waals surface area contributed by atoms with Gasteiger partial charge in [0.25, 0.3) is 5.91 Å². The summed E-state index contributed by atoms with van der Waals surface area (Å²) in [6, 6.07) is 8.28. The molecule has 2 aromatic rings. The highest BCUT2D eigenvalue weighted by molar-refractivity contribution is 5.94. The SMILES string of the molecule is COc1ccc(CCNC(=O)c2ccc(C(F)(F)F)cc2)cc1OC(F)F. The first kappa shape index (κ1) is 20.5. The second-order valence-electron chi connectivity index (χ2n) is 5.44. The Hall–Kier alpha value is -2.84. The summed E-state index contributed by atoms with van der Waals surface area (Å²) in [5, 5.41) is 2.55. The summed E-state index contributed by atoms with van der Waals surface area (Å²) >= 11 is 0. The maximum absolute atomic E-state index is 12.5. The lowest BCUT2D eigenvalue weighted by atomic mass is 10.1. The minimum absolute atomic E-state index is 0.0828. The molecule has 0 aliphatic rings. The number of halogens is 5. The molecule has 27 heavy (non-hydrogen) atoms. The minimum atomic E-state index is -4.47. The molecular weight excluding hydrogens is 373 g/mol. The van der Waals surface area contributed by atoms with Gasteiger partial charge in [-0.1, -0.05) is 6.07 Å². The quantitative estimate of drug-likeness (QED) is 0.719. The molecule has 2 aromatic carbocycles. The molecule has 1 amide bonds. The van der Waals surface area contributed by atoms with Crippen LogP contribution in [0.25, 0.3) is 0 Å². The Morgan fingerprint density at radius 1 is 1.07 bits per heavy atom. The molecule has 0 radical (unpaired) electrons. The van der Waals surface area contributed by atoms with Crippen LogP contribution in [0.3, 0.4) is 0 Å². The van der Waals surface area contributed by atoms with Crippen molar-refractivity contribution in [1.29, 1.82) is 0 Å². The average Bonchev–Trinajstić information content (AvgIpc) is 2.61. The molecule has 0 aliphatic carbocycles. The van der Waals surface area contributed by atoms with E-state index < -0.39 is 24.3 Å². The van der Waals surface area contributed by atoms with Crippen molar-refractivity contribution in [2.24, 2.45) is 0 Å². The van der Waals surface area contributed by atoms with Crippen molar-refractivity contribution in [1.82, 2.24) is 5.32 Å². The monoisotopic (exact) mass is 389 g/mol. The van der Waals surface area contributed by atoms with Gasteiger partial charge in [-0.25, -0.2) is 0 Å². The number of carbonyl (C=O) groups excluding carboxylic acids is 1. The molecule has 1 N–H and O–H groups in total. The van der Waals surface area contributed by atoms with E-state index in [2.05, 4.69) is 10.1 Å². The van der Waals surface area contributed by atoms with E-state index in [0.29, 0.717) is 12.0 Å². The fraction of sp³-hybridized carbons (Fsp3) is 0.278. The van der Waals surface area contributed by atoms with E-state index in [1.807, 2.05) is 0 Å². The molecule has 9 heteroatoms. The molecule has 146 valence electrons. The molecule has 0 spiro atoms. The average molecular weight is 389 g/mol. The van der Waals surface area contributed by atoms with Crippen LogP contribution >= 0.6 is 0 Å². The Labute approximate surface area is 151 Å². The molecule has 0 aromatic heterocycles. The van der Waals surface area contributed by atoms with Crippen LogP contribution in [0.2, 0.25) is 0 Å². The zero-order chi connectivity index (χ0) is 20.0. The van der Waals surface area contributed by atoms with Crippen molar-refractivity contribution in [2.45, 2.75) is 19.2 Å². The highest BCUT2D eigenvalue weighted by Gasteiger charge is 2.30. The van der Waals surface area contributed by atoms with Crippen LogP contribution in [0.15, 0.2) is 42.5 Å². The normalized spacial score (nSPS) is 11.4. The fourth-order valence-electron chi connectivity index (χ4n) is 2.30. The van der Waals surface area contributed by atoms with Crippen LogP contribution in [0.5, 0.6) is 11.5 Å². The lowest BCUT2D eigenvalue weighted by Gasteiger charge is -2.12. The highest BCUT2D eigenvalue weighted by Crippen LogP contribution is 2.30. The van der Waals surface area contributed by atoms with Gasteiger partial charge in [-0.2, -0.15) is 22.0 Å². The van der Waals surface area contributed by atoms with Crippen LogP contribution in [0, 0.1) is 0 Å². The number of amides is 1. The van der Waals surface area contributed by atoms with Crippen molar-refractivity contribution in [3.63, 3.8) is 0 Å². The Kier molecular flexibility index (Phi) is 6.59. The highest BCUT2D eigenvalue weighted by atomic mass is 19.4. The van der Waals surface area contributed by atoms with E-state index in [1.165, 1.54) is 19.2 Å². The number of carbonyl (C=O) groups is 1. The molecule has 2 rings (SSSR count). The van der Waals surface area contributed by atoms with Crippen LogP contribution < -0.4 is 14.8 Å². The number of hydrogen-bond donors (Lipinski definition) is 1. The Bertz CT molecular complexity index is 776. The molecule has 0 aliphatic heterocycles. The maximum Gasteiger partial charge on any atom is 0.416 e. The first-order valence-corrected chi connectivity index (χ1v) is 7.78. The van der Waals surface area contributed by atoms with Crippen molar-refractivity contribution in [3.05, 3.63) is 59.2 Å². The van der Waals surface area contributed by atoms with Crippen LogP contribution in [-0.2, 0) is 12.6 Å². The van der Waals surface area contributed by atoms with Gasteiger partial charge >= 0.3 is 12.8 Å². The number of benzene rings is 2. The Balaban J connectivity index is 1.94. The number of nitrogens with one attached hydrogen (secondary N) is 1. The molecule has 0 saturated heterocycles. The lowest BCUT2D eigenvalue weighted by Crippen LogP contribution is -2.25. The zero-order valence-electron chi connectivity index (χ0n) is 14.1. The first-order valence-electron chi connectivity index (χ1n) is 7.78. The summed E-state index contributed by atoms with van der Waals surface area (Å²) in [6.07, 6.45) is -4.17. The smallest absolute Gasteiger partial charge is 0.416 e. The second kappa shape index (κ2) is 8.70. The lowest BCUT2D eigenvalue weighted by molar-refractivity contribution is -0.137. The van der Waals surface area contributed by atoms with E-state index in [9.17, 15) is 26.7 Å². The number of ether oxygens (including phenoxy) is 2. The summed E-state index contributed by atoms with van der Waals surface area (Å²) in [7, 11) is 1.32. The van der Waals surface area contributed by atoms with Crippen molar-refractivity contribution >= 4 is 5.91 Å². The number of alkyl halides is 5. The third-order valence-electron chi connectivity index (χ3n) is 3.62. The third kappa shape index (κ3) is 5.83. The zero-order valence-corrected chi connectivity index (χ0v) is 14.1. The Morgan fingerprint density at radius 3 is 2.30 bits per heavy atom. The van der Waals surface area contributed by atoms with Gasteiger partial charge < -0.3 is 14.8 Å². The van der Waals surface area contributed by atoms with Gasteiger partial charge in [0.05, 0.1) is 12.7 Å². The second-order valence-corrected chi connectivity index (χ2v) is 5.44. The van der Waals surface area contributed by atoms with E-state index in [4.69, 9.17) is 4.74 Å². The van der Waals surface area contributed by atoms with Gasteiger partial charge in [0.1, 0.15) is 0 Å². The number of methoxy groups -OCH3 is 1. The van der Waals surface area contributed by atoms with Crippen molar-refractivity contribution < 1.29 is 36.2 Å². The summed E-state index contributed by atoms with van der Waals surface area (Å²) in [4.78, 5) is 12.0. The summed E-state index contributed by atoms with van der Waals surface area (Å²) in [5.74, 6) is -0.520. The van der Waals surface area contributed by atoms with E-state index in [1.54, 1.807) is 6.07 Å². The minimum Gasteiger partial charge on any atom is -0.493 e. The van der Waals surface area contributed by atoms with Crippen LogP contribution in [0.4, 0.5) is 22.0 Å². The number of rotatable bonds is 7. The molecule has 4 nitrogen and oxygen atoms in total. The predicted molar refractivity (Wildman–Crippen MR) is 87.1 cm³/mol. The predicted octanol–water partition coefficient (Wildman–Crippen LogP) is 4.29. The van der Waals surface area contributed by atoms with Gasteiger partial charge in [0.2, 0.25) is 0 Å². The fourth-order valence-corrected chi connectivity index (χ4v) is 2.30. The van der Waals surface area contributed by atoms with E-state index in [0.717, 1.165) is 24.3 Å².